The lowest BCUT2D eigenvalue weighted by Gasteiger charge is -2.14. The summed E-state index contributed by atoms with van der Waals surface area (Å²) in [7, 11) is 0. The lowest BCUT2D eigenvalue weighted by Crippen LogP contribution is -2.01. The van der Waals surface area contributed by atoms with Crippen molar-refractivity contribution in [1.82, 2.24) is 9.13 Å². The van der Waals surface area contributed by atoms with E-state index in [0.717, 1.165) is 110 Å². The van der Waals surface area contributed by atoms with Crippen molar-refractivity contribution in [3.05, 3.63) is 192 Å². The van der Waals surface area contributed by atoms with Gasteiger partial charge in [-0.25, -0.2) is 0 Å². The van der Waals surface area contributed by atoms with Gasteiger partial charge in [-0.3, -0.25) is 0 Å². The van der Waals surface area contributed by atoms with Gasteiger partial charge in [-0.15, -0.1) is 0 Å². The van der Waals surface area contributed by atoms with Gasteiger partial charge in [0.1, 0.15) is 18.2 Å². The topological polar surface area (TPSA) is 105 Å². The highest BCUT2D eigenvalue weighted by Gasteiger charge is 2.28. The van der Waals surface area contributed by atoms with Gasteiger partial charge in [-0.1, -0.05) is 115 Å². The van der Waals surface area contributed by atoms with Gasteiger partial charge < -0.3 is 9.13 Å². The number of nitrogens with zero attached hydrogens (tertiary/aromatic N) is 6. The monoisotopic (exact) mass is 808 g/mol. The van der Waals surface area contributed by atoms with Crippen molar-refractivity contribution in [2.45, 2.75) is 0 Å². The van der Waals surface area contributed by atoms with Gasteiger partial charge in [-0.05, 0) is 110 Å². The molecule has 0 atom stereocenters. The number of nitriles is 4. The van der Waals surface area contributed by atoms with E-state index < -0.39 is 0 Å². The highest BCUT2D eigenvalue weighted by atomic mass is 15.0. The van der Waals surface area contributed by atoms with Crippen molar-refractivity contribution in [1.29, 1.82) is 21.0 Å². The van der Waals surface area contributed by atoms with E-state index in [-0.39, 0.29) is 0 Å². The van der Waals surface area contributed by atoms with Gasteiger partial charge in [0.15, 0.2) is 0 Å². The molecule has 0 radical (unpaired) electrons. The van der Waals surface area contributed by atoms with Crippen LogP contribution < -0.4 is 0 Å². The molecule has 0 fully saturated rings. The maximum Gasteiger partial charge on any atom is 0.101 e. The van der Waals surface area contributed by atoms with Crippen LogP contribution in [0, 0.1) is 45.3 Å². The number of para-hydroxylation sites is 2. The second kappa shape index (κ2) is 13.0. The number of hydrogen-bond acceptors (Lipinski definition) is 4. The first-order valence-corrected chi connectivity index (χ1v) is 21.0. The Bertz CT molecular complexity index is 4270. The van der Waals surface area contributed by atoms with Crippen molar-refractivity contribution in [3.8, 4) is 69.0 Å². The van der Waals surface area contributed by atoms with Gasteiger partial charge in [0.05, 0.1) is 61.8 Å². The van der Waals surface area contributed by atoms with Crippen LogP contribution in [0.2, 0.25) is 0 Å². The largest absolute Gasteiger partial charge is 0.307 e. The molecule has 6 heteroatoms. The molecule has 0 N–H and O–H groups in total. The molecular weight excluding hydrogens is 781 g/mol. The second-order valence-electron chi connectivity index (χ2n) is 16.4. The highest BCUT2D eigenvalue weighted by Crippen LogP contribution is 2.52. The molecule has 0 amide bonds. The maximum atomic E-state index is 10.5. The predicted molar refractivity (Wildman–Crippen MR) is 256 cm³/mol. The summed E-state index contributed by atoms with van der Waals surface area (Å²) >= 11 is 0. The molecule has 64 heavy (non-hydrogen) atoms. The number of hydrogen-bond donors (Lipinski definition) is 0. The van der Waals surface area contributed by atoms with E-state index >= 15 is 0 Å². The van der Waals surface area contributed by atoms with E-state index in [1.807, 2.05) is 18.2 Å². The summed E-state index contributed by atoms with van der Waals surface area (Å²) in [6.45, 7) is 0. The Morgan fingerprint density at radius 1 is 0.328 bits per heavy atom. The Kier molecular flexibility index (Phi) is 7.18. The molecule has 0 saturated carbocycles. The zero-order chi connectivity index (χ0) is 42.8. The third-order valence-corrected chi connectivity index (χ3v) is 13.3. The molecular formula is C58H28N6. The summed E-state index contributed by atoms with van der Waals surface area (Å²) in [5.41, 5.74) is 13.6. The summed E-state index contributed by atoms with van der Waals surface area (Å²) in [6, 6.07) is 67.4. The lowest BCUT2D eigenvalue weighted by atomic mass is 9.95. The smallest absolute Gasteiger partial charge is 0.101 e. The number of rotatable bonds is 3. The highest BCUT2D eigenvalue weighted by molar-refractivity contribution is 6.32. The average molecular weight is 809 g/mol. The minimum atomic E-state index is 0.428. The average Bonchev–Trinajstić information content (AvgIpc) is 3.99. The van der Waals surface area contributed by atoms with Crippen LogP contribution in [0.4, 0.5) is 0 Å². The van der Waals surface area contributed by atoms with Crippen LogP contribution in [0.15, 0.2) is 170 Å². The fourth-order valence-corrected chi connectivity index (χ4v) is 10.7. The molecule has 1 aliphatic carbocycles. The zero-order valence-electron chi connectivity index (χ0n) is 33.8. The molecule has 0 aliphatic heterocycles. The van der Waals surface area contributed by atoms with E-state index in [1.165, 1.54) is 5.39 Å². The molecule has 6 nitrogen and oxygen atoms in total. The van der Waals surface area contributed by atoms with E-state index in [9.17, 15) is 21.0 Å². The van der Waals surface area contributed by atoms with Crippen LogP contribution in [0.3, 0.4) is 0 Å². The molecule has 0 spiro atoms. The van der Waals surface area contributed by atoms with Gasteiger partial charge in [0.2, 0.25) is 0 Å². The molecule has 1 aliphatic rings. The predicted octanol–water partition coefficient (Wildman–Crippen LogP) is 14.1. The first-order chi connectivity index (χ1) is 31.6. The fourth-order valence-electron chi connectivity index (χ4n) is 10.7. The van der Waals surface area contributed by atoms with Crippen molar-refractivity contribution in [2.24, 2.45) is 0 Å². The summed E-state index contributed by atoms with van der Waals surface area (Å²) in [5.74, 6) is 0. The van der Waals surface area contributed by atoms with Crippen LogP contribution in [0.25, 0.3) is 121 Å². The summed E-state index contributed by atoms with van der Waals surface area (Å²) in [6.07, 6.45) is 0. The first kappa shape index (κ1) is 35.3. The molecule has 0 saturated heterocycles. The summed E-state index contributed by atoms with van der Waals surface area (Å²) in [4.78, 5) is 0. The first-order valence-electron chi connectivity index (χ1n) is 21.0. The van der Waals surface area contributed by atoms with E-state index in [4.69, 9.17) is 0 Å². The van der Waals surface area contributed by atoms with Crippen molar-refractivity contribution >= 4 is 75.9 Å². The zero-order valence-corrected chi connectivity index (χ0v) is 33.8. The normalized spacial score (nSPS) is 11.7. The van der Waals surface area contributed by atoms with E-state index in [1.54, 1.807) is 30.3 Å². The van der Waals surface area contributed by atoms with Crippen molar-refractivity contribution in [2.75, 3.05) is 0 Å². The molecule has 0 unspecified atom stereocenters. The van der Waals surface area contributed by atoms with Crippen LogP contribution in [0.5, 0.6) is 0 Å². The van der Waals surface area contributed by atoms with Gasteiger partial charge in [0, 0.05) is 32.3 Å². The van der Waals surface area contributed by atoms with Crippen molar-refractivity contribution < 1.29 is 0 Å². The van der Waals surface area contributed by atoms with Crippen LogP contribution in [-0.4, -0.2) is 9.13 Å². The molecule has 290 valence electrons. The van der Waals surface area contributed by atoms with E-state index in [0.29, 0.717) is 27.9 Å². The standard InChI is InChI=1S/C58H28N6/c59-29-33-19-24-51(38(25-33)32-62)63-53-27-35(21-23-46(53)55-43-14-3-1-11-39(43)40-12-2-4-15-45(40)58(55)63)34-20-22-41-48(26-34)44-16-8-17-47-54(44)49(41)28-50-42-13-5-6-18-52(42)64(57(47)50)56-36(30-60)9-7-10-37(56)31-61/h1-28H. The third kappa shape index (κ3) is 4.58. The van der Waals surface area contributed by atoms with Gasteiger partial charge in [0.25, 0.3) is 0 Å². The Hall–Kier alpha value is -9.46. The molecule has 10 aromatic carbocycles. The summed E-state index contributed by atoms with van der Waals surface area (Å²) < 4.78 is 4.34. The quantitative estimate of drug-likeness (QED) is 0.166. The number of fused-ring (bicyclic) bond motifs is 15. The molecule has 2 aromatic heterocycles. The lowest BCUT2D eigenvalue weighted by molar-refractivity contribution is 1.16. The fraction of sp³-hybridized carbons (Fsp3) is 0. The van der Waals surface area contributed by atoms with E-state index in [2.05, 4.69) is 155 Å². The minimum absolute atomic E-state index is 0.428. The Balaban J connectivity index is 1.07. The maximum absolute atomic E-state index is 10.5. The molecule has 13 rings (SSSR count). The summed E-state index contributed by atoms with van der Waals surface area (Å²) in [5, 5.41) is 52.0. The third-order valence-electron chi connectivity index (χ3n) is 13.3. The molecule has 0 bridgehead atoms. The Labute approximate surface area is 365 Å². The Morgan fingerprint density at radius 2 is 0.984 bits per heavy atom. The number of aromatic nitrogens is 2. The SMILES string of the molecule is N#Cc1ccc(-n2c3cc(-c4ccc5c(c4)-c4cccc6c4c-5cc4c5ccccc5n(-c5c(C#N)cccc5C#N)c64)ccc3c3c4ccccc4c4ccccc4c32)c(C#N)c1. The van der Waals surface area contributed by atoms with Gasteiger partial charge >= 0.3 is 0 Å². The minimum Gasteiger partial charge on any atom is -0.307 e. The Morgan fingerprint density at radius 3 is 1.75 bits per heavy atom. The number of benzene rings is 10. The van der Waals surface area contributed by atoms with Crippen LogP contribution in [-0.2, 0) is 0 Å². The van der Waals surface area contributed by atoms with Gasteiger partial charge in [-0.2, -0.15) is 21.0 Å². The molecule has 12 aromatic rings. The van der Waals surface area contributed by atoms with Crippen molar-refractivity contribution in [3.63, 3.8) is 0 Å². The van der Waals surface area contributed by atoms with Crippen LogP contribution in [0.1, 0.15) is 22.3 Å². The van der Waals surface area contributed by atoms with Crippen LogP contribution >= 0.6 is 0 Å². The second-order valence-corrected chi connectivity index (χ2v) is 16.4. The molecule has 2 heterocycles.